The van der Waals surface area contributed by atoms with Crippen molar-refractivity contribution >= 4 is 12.1 Å². The molecule has 3 aromatic carbocycles. The van der Waals surface area contributed by atoms with E-state index < -0.39 is 18.1 Å². The topological polar surface area (TPSA) is 75.6 Å². The molecule has 2 N–H and O–H groups in total. The molecule has 4 rings (SSSR count). The Bertz CT molecular complexity index is 1080. The lowest BCUT2D eigenvalue weighted by atomic mass is 9.98. The fraction of sp³-hybridized carbons (Fsp3) is 0.259. The molecule has 5 heteroatoms. The van der Waals surface area contributed by atoms with Crippen LogP contribution in [-0.4, -0.2) is 29.8 Å². The predicted molar refractivity (Wildman–Crippen MR) is 124 cm³/mol. The highest BCUT2D eigenvalue weighted by molar-refractivity contribution is 5.81. The molecular formula is C27H27NO4. The highest BCUT2D eigenvalue weighted by Gasteiger charge is 2.29. The monoisotopic (exact) mass is 429 g/mol. The molecule has 0 aromatic heterocycles. The third-order valence-corrected chi connectivity index (χ3v) is 6.06. The molecule has 0 fully saturated rings. The van der Waals surface area contributed by atoms with Crippen LogP contribution in [0.3, 0.4) is 0 Å². The van der Waals surface area contributed by atoms with Crippen molar-refractivity contribution in [3.63, 3.8) is 0 Å². The van der Waals surface area contributed by atoms with Gasteiger partial charge >= 0.3 is 12.1 Å². The third kappa shape index (κ3) is 4.67. The van der Waals surface area contributed by atoms with Crippen LogP contribution in [-0.2, 0) is 22.4 Å². The molecule has 164 valence electrons. The summed E-state index contributed by atoms with van der Waals surface area (Å²) in [6.45, 7) is 2.24. The van der Waals surface area contributed by atoms with Gasteiger partial charge in [0.1, 0.15) is 12.6 Å². The Balaban J connectivity index is 1.37. The Labute approximate surface area is 188 Å². The molecule has 0 bridgehead atoms. The number of alkyl carbamates (subject to hydrolysis) is 1. The van der Waals surface area contributed by atoms with Crippen LogP contribution in [0.1, 0.15) is 41.5 Å². The Morgan fingerprint density at radius 2 is 1.56 bits per heavy atom. The summed E-state index contributed by atoms with van der Waals surface area (Å²) in [6, 6.07) is 23.3. The van der Waals surface area contributed by atoms with Crippen molar-refractivity contribution in [3.05, 3.63) is 95.1 Å². The van der Waals surface area contributed by atoms with Gasteiger partial charge in [0, 0.05) is 5.92 Å². The zero-order chi connectivity index (χ0) is 22.5. The van der Waals surface area contributed by atoms with Gasteiger partial charge in [-0.1, -0.05) is 79.7 Å². The number of benzene rings is 3. The van der Waals surface area contributed by atoms with Crippen molar-refractivity contribution < 1.29 is 19.4 Å². The van der Waals surface area contributed by atoms with Crippen LogP contribution in [0.25, 0.3) is 11.1 Å². The maximum absolute atomic E-state index is 12.5. The van der Waals surface area contributed by atoms with E-state index >= 15 is 0 Å². The van der Waals surface area contributed by atoms with Gasteiger partial charge < -0.3 is 15.2 Å². The normalized spacial score (nSPS) is 13.2. The first kappa shape index (κ1) is 21.6. The van der Waals surface area contributed by atoms with Crippen molar-refractivity contribution in [2.45, 2.75) is 38.1 Å². The van der Waals surface area contributed by atoms with Crippen LogP contribution in [0.2, 0.25) is 0 Å². The van der Waals surface area contributed by atoms with E-state index in [4.69, 9.17) is 4.74 Å². The first-order valence-electron chi connectivity index (χ1n) is 11.0. The number of hydrogen-bond donors (Lipinski definition) is 2. The smallest absolute Gasteiger partial charge is 0.407 e. The average Bonchev–Trinajstić information content (AvgIpc) is 3.14. The van der Waals surface area contributed by atoms with Crippen molar-refractivity contribution in [3.8, 4) is 11.1 Å². The maximum Gasteiger partial charge on any atom is 0.407 e. The summed E-state index contributed by atoms with van der Waals surface area (Å²) in [6.07, 6.45) is 1.08. The SMILES string of the molecule is CCc1cccc(CC[C@H](NC(=O)OCC2c3ccccc3-c3ccccc32)C(=O)O)c1. The second-order valence-electron chi connectivity index (χ2n) is 8.07. The predicted octanol–water partition coefficient (Wildman–Crippen LogP) is 5.17. The van der Waals surface area contributed by atoms with Crippen molar-refractivity contribution in [2.24, 2.45) is 0 Å². The van der Waals surface area contributed by atoms with Gasteiger partial charge in [-0.3, -0.25) is 0 Å². The summed E-state index contributed by atoms with van der Waals surface area (Å²) >= 11 is 0. The van der Waals surface area contributed by atoms with E-state index in [2.05, 4.69) is 30.4 Å². The fourth-order valence-corrected chi connectivity index (χ4v) is 4.36. The van der Waals surface area contributed by atoms with E-state index in [0.29, 0.717) is 12.8 Å². The number of ether oxygens (including phenoxy) is 1. The molecule has 3 aromatic rings. The minimum absolute atomic E-state index is 0.0618. The second-order valence-corrected chi connectivity index (χ2v) is 8.07. The van der Waals surface area contributed by atoms with Crippen LogP contribution >= 0.6 is 0 Å². The Hall–Kier alpha value is -3.60. The molecule has 32 heavy (non-hydrogen) atoms. The first-order valence-corrected chi connectivity index (χ1v) is 11.0. The number of rotatable bonds is 8. The molecule has 0 saturated carbocycles. The Morgan fingerprint density at radius 1 is 0.938 bits per heavy atom. The lowest BCUT2D eigenvalue weighted by Gasteiger charge is -2.17. The summed E-state index contributed by atoms with van der Waals surface area (Å²) in [5.74, 6) is -1.13. The van der Waals surface area contributed by atoms with Crippen LogP contribution in [0.4, 0.5) is 4.79 Å². The largest absolute Gasteiger partial charge is 0.480 e. The molecule has 5 nitrogen and oxygen atoms in total. The number of carbonyl (C=O) groups excluding carboxylic acids is 1. The van der Waals surface area contributed by atoms with E-state index in [1.54, 1.807) is 0 Å². The van der Waals surface area contributed by atoms with Gasteiger partial charge in [0.25, 0.3) is 0 Å². The minimum atomic E-state index is -1.06. The van der Waals surface area contributed by atoms with Crippen LogP contribution in [0, 0.1) is 0 Å². The van der Waals surface area contributed by atoms with Gasteiger partial charge in [0.05, 0.1) is 0 Å². The molecular weight excluding hydrogens is 402 g/mol. The van der Waals surface area contributed by atoms with Gasteiger partial charge in [-0.15, -0.1) is 0 Å². The van der Waals surface area contributed by atoms with E-state index in [0.717, 1.165) is 34.2 Å². The summed E-state index contributed by atoms with van der Waals surface area (Å²) < 4.78 is 5.50. The molecule has 0 aliphatic heterocycles. The van der Waals surface area contributed by atoms with E-state index in [9.17, 15) is 14.7 Å². The number of hydrogen-bond acceptors (Lipinski definition) is 3. The standard InChI is InChI=1S/C27H27NO4/c1-2-18-8-7-9-19(16-18)14-15-25(26(29)30)28-27(31)32-17-24-22-12-5-3-10-20(22)21-11-4-6-13-23(21)24/h3-13,16,24-25H,2,14-15,17H2,1H3,(H,28,31)(H,29,30)/t25-/m0/s1. The highest BCUT2D eigenvalue weighted by Crippen LogP contribution is 2.44. The Kier molecular flexibility index (Phi) is 6.55. The van der Waals surface area contributed by atoms with Crippen molar-refractivity contribution in [1.82, 2.24) is 5.32 Å². The molecule has 1 aliphatic carbocycles. The molecule has 1 aliphatic rings. The lowest BCUT2D eigenvalue weighted by molar-refractivity contribution is -0.139. The lowest BCUT2D eigenvalue weighted by Crippen LogP contribution is -2.41. The molecule has 0 heterocycles. The Morgan fingerprint density at radius 3 is 2.19 bits per heavy atom. The summed E-state index contributed by atoms with van der Waals surface area (Å²) in [5, 5.41) is 12.1. The number of carboxylic acids is 1. The zero-order valence-electron chi connectivity index (χ0n) is 18.1. The molecule has 1 atom stereocenters. The molecule has 0 saturated heterocycles. The quantitative estimate of drug-likeness (QED) is 0.518. The van der Waals surface area contributed by atoms with E-state index in [1.807, 2.05) is 54.6 Å². The van der Waals surface area contributed by atoms with E-state index in [-0.39, 0.29) is 12.5 Å². The van der Waals surface area contributed by atoms with Crippen LogP contribution in [0.15, 0.2) is 72.8 Å². The van der Waals surface area contributed by atoms with Gasteiger partial charge in [0.2, 0.25) is 0 Å². The summed E-state index contributed by atoms with van der Waals surface area (Å²) in [5.41, 5.74) is 6.80. The minimum Gasteiger partial charge on any atom is -0.480 e. The number of carboxylic acid groups (broad SMARTS) is 1. The van der Waals surface area contributed by atoms with Crippen LogP contribution in [0.5, 0.6) is 0 Å². The number of carbonyl (C=O) groups is 2. The summed E-state index contributed by atoms with van der Waals surface area (Å²) in [7, 11) is 0. The highest BCUT2D eigenvalue weighted by atomic mass is 16.5. The first-order chi connectivity index (χ1) is 15.6. The van der Waals surface area contributed by atoms with Gasteiger partial charge in [-0.2, -0.15) is 0 Å². The number of aliphatic carboxylic acids is 1. The molecule has 1 amide bonds. The third-order valence-electron chi connectivity index (χ3n) is 6.06. The number of aryl methyl sites for hydroxylation is 2. The van der Waals surface area contributed by atoms with E-state index in [1.165, 1.54) is 5.56 Å². The van der Waals surface area contributed by atoms with Gasteiger partial charge in [-0.25, -0.2) is 9.59 Å². The van der Waals surface area contributed by atoms with Gasteiger partial charge in [-0.05, 0) is 52.6 Å². The fourth-order valence-electron chi connectivity index (χ4n) is 4.36. The molecule has 0 radical (unpaired) electrons. The van der Waals surface area contributed by atoms with Crippen LogP contribution < -0.4 is 5.32 Å². The number of nitrogens with one attached hydrogen (secondary N) is 1. The average molecular weight is 430 g/mol. The number of fused-ring (bicyclic) bond motifs is 3. The van der Waals surface area contributed by atoms with Gasteiger partial charge in [0.15, 0.2) is 0 Å². The summed E-state index contributed by atoms with van der Waals surface area (Å²) in [4.78, 5) is 24.2. The molecule has 0 spiro atoms. The second kappa shape index (κ2) is 9.69. The maximum atomic E-state index is 12.5. The number of amides is 1. The zero-order valence-corrected chi connectivity index (χ0v) is 18.1. The molecule has 0 unspecified atom stereocenters. The van der Waals surface area contributed by atoms with Crippen molar-refractivity contribution in [2.75, 3.05) is 6.61 Å². The van der Waals surface area contributed by atoms with Crippen molar-refractivity contribution in [1.29, 1.82) is 0 Å².